The molecule has 1 aromatic rings. The highest BCUT2D eigenvalue weighted by atomic mass is 32.2. The van der Waals surface area contributed by atoms with Crippen LogP contribution in [0.5, 0.6) is 0 Å². The molecule has 1 aromatic carbocycles. The van der Waals surface area contributed by atoms with E-state index in [0.29, 0.717) is 6.54 Å². The third-order valence-electron chi connectivity index (χ3n) is 5.81. The molecule has 27 heavy (non-hydrogen) atoms. The molecule has 0 aliphatic carbocycles. The fourth-order valence-corrected chi connectivity index (χ4v) is 5.00. The zero-order valence-corrected chi connectivity index (χ0v) is 17.5. The van der Waals surface area contributed by atoms with Gasteiger partial charge in [0.1, 0.15) is 0 Å². The second-order valence-corrected chi connectivity index (χ2v) is 9.75. The lowest BCUT2D eigenvalue weighted by atomic mass is 10.0. The third-order valence-corrected chi connectivity index (χ3v) is 7.21. The van der Waals surface area contributed by atoms with Crippen LogP contribution in [0.4, 0.5) is 5.69 Å². The van der Waals surface area contributed by atoms with Crippen LogP contribution in [-0.2, 0) is 21.2 Å². The number of hydrogen-bond donors (Lipinski definition) is 1. The molecule has 1 N–H and O–H groups in total. The summed E-state index contributed by atoms with van der Waals surface area (Å²) in [5, 5.41) is 0. The molecule has 1 saturated heterocycles. The number of fused-ring (bicyclic) bond motifs is 1. The number of benzene rings is 1. The highest BCUT2D eigenvalue weighted by molar-refractivity contribution is 7.89. The summed E-state index contributed by atoms with van der Waals surface area (Å²) < 4.78 is 28.3. The van der Waals surface area contributed by atoms with Crippen LogP contribution < -0.4 is 9.62 Å². The zero-order valence-electron chi connectivity index (χ0n) is 16.7. The summed E-state index contributed by atoms with van der Waals surface area (Å²) in [5.74, 6) is -0.0140. The number of amides is 1. The molecule has 1 fully saturated rings. The van der Waals surface area contributed by atoms with Crippen molar-refractivity contribution in [2.75, 3.05) is 51.2 Å². The molecule has 0 aromatic heterocycles. The van der Waals surface area contributed by atoms with Crippen LogP contribution in [0.25, 0.3) is 0 Å². The number of hydrogen-bond acceptors (Lipinski definition) is 5. The maximum atomic E-state index is 12.8. The van der Waals surface area contributed by atoms with Crippen molar-refractivity contribution in [1.29, 1.82) is 0 Å². The molecule has 0 bridgehead atoms. The van der Waals surface area contributed by atoms with Crippen molar-refractivity contribution in [2.24, 2.45) is 0 Å². The molecular weight excluding hydrogens is 364 g/mol. The van der Waals surface area contributed by atoms with Gasteiger partial charge in [0.05, 0.1) is 11.3 Å². The molecule has 3 rings (SSSR count). The van der Waals surface area contributed by atoms with Crippen molar-refractivity contribution in [3.8, 4) is 0 Å². The van der Waals surface area contributed by atoms with Crippen molar-refractivity contribution >= 4 is 21.6 Å². The van der Waals surface area contributed by atoms with Gasteiger partial charge in [-0.05, 0) is 44.2 Å². The smallest absolute Gasteiger partial charge is 0.240 e. The Kier molecular flexibility index (Phi) is 5.63. The number of piperazine rings is 1. The summed E-state index contributed by atoms with van der Waals surface area (Å²) in [6, 6.07) is 4.90. The molecule has 0 atom stereocenters. The second kappa shape index (κ2) is 7.50. The Morgan fingerprint density at radius 3 is 2.44 bits per heavy atom. The lowest BCUT2D eigenvalue weighted by Crippen LogP contribution is -2.58. The molecule has 2 heterocycles. The molecule has 0 spiro atoms. The normalized spacial score (nSPS) is 19.6. The molecule has 7 nitrogen and oxygen atoms in total. The first-order valence-electron chi connectivity index (χ1n) is 9.50. The summed E-state index contributed by atoms with van der Waals surface area (Å²) in [4.78, 5) is 18.4. The van der Waals surface area contributed by atoms with Gasteiger partial charge in [0.15, 0.2) is 0 Å². The van der Waals surface area contributed by atoms with E-state index in [1.807, 2.05) is 0 Å². The summed E-state index contributed by atoms with van der Waals surface area (Å²) in [7, 11) is -1.91. The first kappa shape index (κ1) is 20.3. The third kappa shape index (κ3) is 4.18. The van der Waals surface area contributed by atoms with Gasteiger partial charge >= 0.3 is 0 Å². The molecular formula is C19H30N4O3S. The number of carbonyl (C=O) groups excluding carboxylic acids is 1. The fraction of sp³-hybridized carbons (Fsp3) is 0.632. The summed E-state index contributed by atoms with van der Waals surface area (Å²) in [5.41, 5.74) is 1.29. The largest absolute Gasteiger partial charge is 0.315 e. The minimum Gasteiger partial charge on any atom is -0.315 e. The number of anilines is 1. The van der Waals surface area contributed by atoms with Crippen LogP contribution >= 0.6 is 0 Å². The van der Waals surface area contributed by atoms with Crippen LogP contribution in [-0.4, -0.2) is 76.0 Å². The average Bonchev–Trinajstić information content (AvgIpc) is 2.94. The molecule has 150 valence electrons. The van der Waals surface area contributed by atoms with Crippen molar-refractivity contribution in [3.63, 3.8) is 0 Å². The number of carbonyl (C=O) groups is 1. The number of likely N-dealkylation sites (N-methyl/N-ethyl adjacent to an activating group) is 2. The van der Waals surface area contributed by atoms with Crippen LogP contribution in [0.15, 0.2) is 23.1 Å². The Hall–Kier alpha value is -1.48. The van der Waals surface area contributed by atoms with Crippen molar-refractivity contribution in [1.82, 2.24) is 14.5 Å². The van der Waals surface area contributed by atoms with Gasteiger partial charge in [-0.1, -0.05) is 6.92 Å². The quantitative estimate of drug-likeness (QED) is 0.776. The summed E-state index contributed by atoms with van der Waals surface area (Å²) >= 11 is 0. The first-order valence-corrected chi connectivity index (χ1v) is 11.0. The first-order chi connectivity index (χ1) is 12.6. The van der Waals surface area contributed by atoms with Crippen LogP contribution in [0.2, 0.25) is 0 Å². The molecule has 0 saturated carbocycles. The Morgan fingerprint density at radius 1 is 1.15 bits per heavy atom. The molecule has 8 heteroatoms. The van der Waals surface area contributed by atoms with Crippen LogP contribution in [0.3, 0.4) is 0 Å². The number of nitrogens with zero attached hydrogens (tertiary/aromatic N) is 3. The van der Waals surface area contributed by atoms with E-state index in [-0.39, 0.29) is 22.8 Å². The number of nitrogens with one attached hydrogen (secondary N) is 1. The second-order valence-electron chi connectivity index (χ2n) is 7.98. The highest BCUT2D eigenvalue weighted by Gasteiger charge is 2.32. The van der Waals surface area contributed by atoms with Crippen molar-refractivity contribution in [2.45, 2.75) is 37.6 Å². The Morgan fingerprint density at radius 2 is 1.81 bits per heavy atom. The van der Waals surface area contributed by atoms with E-state index in [2.05, 4.69) is 35.3 Å². The van der Waals surface area contributed by atoms with Crippen LogP contribution in [0.1, 0.15) is 26.3 Å². The Labute approximate surface area is 162 Å². The molecule has 0 radical (unpaired) electrons. The van der Waals surface area contributed by atoms with E-state index < -0.39 is 10.0 Å². The van der Waals surface area contributed by atoms with Gasteiger partial charge < -0.3 is 9.80 Å². The monoisotopic (exact) mass is 394 g/mol. The standard InChI is InChI=1S/C19H30N4O3S/c1-5-22-8-10-23(11-9-22)19(2,3)14-20-27(25,26)16-6-7-17-15(12-16)13-18(24)21(17)4/h6-7,12,20H,5,8-11,13-14H2,1-4H3. The lowest BCUT2D eigenvalue weighted by molar-refractivity contribution is -0.117. The average molecular weight is 395 g/mol. The maximum absolute atomic E-state index is 12.8. The fourth-order valence-electron chi connectivity index (χ4n) is 3.75. The Balaban J connectivity index is 1.67. The van der Waals surface area contributed by atoms with E-state index in [4.69, 9.17) is 0 Å². The molecule has 2 aliphatic heterocycles. The van der Waals surface area contributed by atoms with Gasteiger partial charge in [-0.2, -0.15) is 0 Å². The predicted molar refractivity (Wildman–Crippen MR) is 107 cm³/mol. The van der Waals surface area contributed by atoms with Crippen LogP contribution in [0, 0.1) is 0 Å². The van der Waals surface area contributed by atoms with Gasteiger partial charge in [0.2, 0.25) is 15.9 Å². The topological polar surface area (TPSA) is 73.0 Å². The van der Waals surface area contributed by atoms with Crippen molar-refractivity contribution < 1.29 is 13.2 Å². The van der Waals surface area contributed by atoms with E-state index in [1.165, 1.54) is 0 Å². The van der Waals surface area contributed by atoms with E-state index in [0.717, 1.165) is 44.0 Å². The lowest BCUT2D eigenvalue weighted by Gasteiger charge is -2.44. The minimum atomic E-state index is -3.62. The summed E-state index contributed by atoms with van der Waals surface area (Å²) in [6.07, 6.45) is 0.252. The Bertz CT molecular complexity index is 814. The van der Waals surface area contributed by atoms with Gasteiger partial charge in [0, 0.05) is 51.0 Å². The SMILES string of the molecule is CCN1CCN(C(C)(C)CNS(=O)(=O)c2ccc3c(c2)CC(=O)N3C)CC1. The molecule has 0 unspecified atom stereocenters. The van der Waals surface area contributed by atoms with Gasteiger partial charge in [-0.3, -0.25) is 9.69 Å². The molecule has 1 amide bonds. The number of rotatable bonds is 6. The predicted octanol–water partition coefficient (Wildman–Crippen LogP) is 0.900. The van der Waals surface area contributed by atoms with Gasteiger partial charge in [-0.15, -0.1) is 0 Å². The maximum Gasteiger partial charge on any atom is 0.240 e. The highest BCUT2D eigenvalue weighted by Crippen LogP contribution is 2.29. The molecule has 2 aliphatic rings. The van der Waals surface area contributed by atoms with E-state index >= 15 is 0 Å². The zero-order chi connectivity index (χ0) is 19.8. The summed E-state index contributed by atoms with van der Waals surface area (Å²) in [6.45, 7) is 11.6. The van der Waals surface area contributed by atoms with Gasteiger partial charge in [0.25, 0.3) is 0 Å². The minimum absolute atomic E-state index is 0.0140. The van der Waals surface area contributed by atoms with Gasteiger partial charge in [-0.25, -0.2) is 13.1 Å². The number of sulfonamides is 1. The van der Waals surface area contributed by atoms with E-state index in [1.54, 1.807) is 30.1 Å². The van der Waals surface area contributed by atoms with Crippen molar-refractivity contribution in [3.05, 3.63) is 23.8 Å². The van der Waals surface area contributed by atoms with E-state index in [9.17, 15) is 13.2 Å².